The molecule has 1 amide bonds. The molecule has 0 aromatic heterocycles. The Bertz CT molecular complexity index is 586. The van der Waals surface area contributed by atoms with E-state index < -0.39 is 15.6 Å². The van der Waals surface area contributed by atoms with Crippen LogP contribution in [-0.4, -0.2) is 91.6 Å². The van der Waals surface area contributed by atoms with E-state index in [9.17, 15) is 13.2 Å². The fourth-order valence-electron chi connectivity index (χ4n) is 4.19. The van der Waals surface area contributed by atoms with Crippen molar-refractivity contribution in [3.05, 3.63) is 0 Å². The minimum atomic E-state index is -3.45. The molecule has 3 fully saturated rings. The fraction of sp³-hybridized carbons (Fsp3) is 0.938. The SMILES string of the molecule is CC(C)N1CCC[C@@]2(CCN(S(=O)(=O)N3CCN(C)CC3)C2)C1=O. The van der Waals surface area contributed by atoms with Gasteiger partial charge in [0.05, 0.1) is 5.41 Å². The maximum absolute atomic E-state index is 13.0. The highest BCUT2D eigenvalue weighted by Crippen LogP contribution is 2.41. The van der Waals surface area contributed by atoms with Crippen LogP contribution >= 0.6 is 0 Å². The summed E-state index contributed by atoms with van der Waals surface area (Å²) in [6.45, 7) is 8.27. The summed E-state index contributed by atoms with van der Waals surface area (Å²) in [5, 5.41) is 0. The van der Waals surface area contributed by atoms with Crippen molar-refractivity contribution in [2.75, 3.05) is 52.9 Å². The van der Waals surface area contributed by atoms with Gasteiger partial charge in [0.2, 0.25) is 5.91 Å². The number of hydrogen-bond acceptors (Lipinski definition) is 4. The van der Waals surface area contributed by atoms with Gasteiger partial charge in [0.25, 0.3) is 10.2 Å². The molecule has 0 aromatic rings. The minimum absolute atomic E-state index is 0.153. The normalized spacial score (nSPS) is 31.5. The fourth-order valence-corrected chi connectivity index (χ4v) is 5.87. The zero-order chi connectivity index (χ0) is 17.5. The molecule has 1 atom stereocenters. The van der Waals surface area contributed by atoms with Gasteiger partial charge < -0.3 is 9.80 Å². The summed E-state index contributed by atoms with van der Waals surface area (Å²) >= 11 is 0. The van der Waals surface area contributed by atoms with E-state index in [0.717, 1.165) is 32.5 Å². The number of piperazine rings is 1. The second-order valence-corrected chi connectivity index (χ2v) is 9.70. The van der Waals surface area contributed by atoms with E-state index in [1.807, 2.05) is 25.8 Å². The number of hydrogen-bond donors (Lipinski definition) is 0. The zero-order valence-electron chi connectivity index (χ0n) is 15.1. The highest BCUT2D eigenvalue weighted by Gasteiger charge is 2.52. The van der Waals surface area contributed by atoms with Crippen molar-refractivity contribution in [2.45, 2.75) is 39.2 Å². The van der Waals surface area contributed by atoms with Gasteiger partial charge in [-0.2, -0.15) is 17.0 Å². The molecule has 0 N–H and O–H groups in total. The van der Waals surface area contributed by atoms with Crippen LogP contribution in [0.25, 0.3) is 0 Å². The second kappa shape index (κ2) is 6.55. The summed E-state index contributed by atoms with van der Waals surface area (Å²) < 4.78 is 29.0. The van der Waals surface area contributed by atoms with E-state index in [4.69, 9.17) is 0 Å². The van der Waals surface area contributed by atoms with Crippen LogP contribution in [0.4, 0.5) is 0 Å². The molecule has 8 heteroatoms. The molecule has 0 aromatic carbocycles. The molecular formula is C16H30N4O3S. The Kier molecular flexibility index (Phi) is 4.94. The first-order valence-electron chi connectivity index (χ1n) is 9.01. The van der Waals surface area contributed by atoms with E-state index in [2.05, 4.69) is 4.90 Å². The van der Waals surface area contributed by atoms with Gasteiger partial charge in [-0.25, -0.2) is 0 Å². The standard InChI is InChI=1S/C16H30N4O3S/c1-14(2)20-7-4-5-16(15(20)21)6-8-19(13-16)24(22,23)18-11-9-17(3)10-12-18/h14H,4-13H2,1-3H3/t16-/m0/s1. The molecule has 0 bridgehead atoms. The summed E-state index contributed by atoms with van der Waals surface area (Å²) in [6.07, 6.45) is 2.43. The second-order valence-electron chi connectivity index (χ2n) is 7.77. The lowest BCUT2D eigenvalue weighted by Gasteiger charge is -2.41. The first-order chi connectivity index (χ1) is 11.3. The number of likely N-dealkylation sites (tertiary alicyclic amines) is 1. The van der Waals surface area contributed by atoms with Crippen LogP contribution in [-0.2, 0) is 15.0 Å². The highest BCUT2D eigenvalue weighted by atomic mass is 32.2. The van der Waals surface area contributed by atoms with Crippen LogP contribution in [0.2, 0.25) is 0 Å². The Morgan fingerprint density at radius 1 is 0.958 bits per heavy atom. The van der Waals surface area contributed by atoms with Gasteiger partial charge in [-0.1, -0.05) is 0 Å². The number of rotatable bonds is 3. The summed E-state index contributed by atoms with van der Waals surface area (Å²) in [4.78, 5) is 17.0. The van der Waals surface area contributed by atoms with Crippen LogP contribution in [0.5, 0.6) is 0 Å². The molecule has 0 saturated carbocycles. The van der Waals surface area contributed by atoms with Crippen LogP contribution in [0, 0.1) is 5.41 Å². The quantitative estimate of drug-likeness (QED) is 0.723. The lowest BCUT2D eigenvalue weighted by atomic mass is 9.78. The predicted octanol–water partition coefficient (Wildman–Crippen LogP) is 0.202. The number of carbonyl (C=O) groups is 1. The van der Waals surface area contributed by atoms with E-state index in [-0.39, 0.29) is 11.9 Å². The topological polar surface area (TPSA) is 64.2 Å². The smallest absolute Gasteiger partial charge is 0.282 e. The first-order valence-corrected chi connectivity index (χ1v) is 10.4. The Balaban J connectivity index is 1.73. The zero-order valence-corrected chi connectivity index (χ0v) is 15.9. The number of carbonyl (C=O) groups excluding carboxylic acids is 1. The summed E-state index contributed by atoms with van der Waals surface area (Å²) in [5.41, 5.74) is -0.498. The Morgan fingerprint density at radius 3 is 2.25 bits per heavy atom. The molecule has 3 rings (SSSR count). The van der Waals surface area contributed by atoms with Crippen molar-refractivity contribution < 1.29 is 13.2 Å². The van der Waals surface area contributed by atoms with Crippen molar-refractivity contribution in [2.24, 2.45) is 5.41 Å². The highest BCUT2D eigenvalue weighted by molar-refractivity contribution is 7.86. The van der Waals surface area contributed by atoms with Crippen molar-refractivity contribution >= 4 is 16.1 Å². The Morgan fingerprint density at radius 2 is 1.62 bits per heavy atom. The van der Waals surface area contributed by atoms with Crippen LogP contribution in [0.15, 0.2) is 0 Å². The molecule has 3 aliphatic heterocycles. The molecule has 1 spiro atoms. The number of piperidine rings is 1. The monoisotopic (exact) mass is 358 g/mol. The summed E-state index contributed by atoms with van der Waals surface area (Å²) in [5.74, 6) is 0.153. The van der Waals surface area contributed by atoms with Gasteiger partial charge in [-0.15, -0.1) is 0 Å². The Hall–Kier alpha value is -0.700. The number of likely N-dealkylation sites (N-methyl/N-ethyl adjacent to an activating group) is 1. The average molecular weight is 359 g/mol. The van der Waals surface area contributed by atoms with E-state index >= 15 is 0 Å². The van der Waals surface area contributed by atoms with Crippen molar-refractivity contribution in [1.82, 2.24) is 18.4 Å². The molecule has 0 unspecified atom stereocenters. The lowest BCUT2D eigenvalue weighted by molar-refractivity contribution is -0.147. The maximum atomic E-state index is 13.0. The van der Waals surface area contributed by atoms with Crippen molar-refractivity contribution in [1.29, 1.82) is 0 Å². The van der Waals surface area contributed by atoms with Crippen LogP contribution in [0.1, 0.15) is 33.1 Å². The average Bonchev–Trinajstić information content (AvgIpc) is 2.96. The van der Waals surface area contributed by atoms with E-state index in [1.54, 1.807) is 8.61 Å². The third-order valence-corrected chi connectivity index (χ3v) is 7.81. The molecule has 3 heterocycles. The number of amides is 1. The van der Waals surface area contributed by atoms with Gasteiger partial charge in [0.15, 0.2) is 0 Å². The molecule has 138 valence electrons. The molecule has 0 radical (unpaired) electrons. The molecule has 7 nitrogen and oxygen atoms in total. The van der Waals surface area contributed by atoms with Crippen LogP contribution in [0.3, 0.4) is 0 Å². The first kappa shape index (κ1) is 18.1. The number of nitrogens with zero attached hydrogens (tertiary/aromatic N) is 4. The van der Waals surface area contributed by atoms with Gasteiger partial charge in [-0.05, 0) is 40.2 Å². The molecule has 3 aliphatic rings. The van der Waals surface area contributed by atoms with Gasteiger partial charge >= 0.3 is 0 Å². The van der Waals surface area contributed by atoms with Crippen molar-refractivity contribution in [3.63, 3.8) is 0 Å². The third-order valence-electron chi connectivity index (χ3n) is 5.83. The lowest BCUT2D eigenvalue weighted by Crippen LogP contribution is -2.54. The van der Waals surface area contributed by atoms with Gasteiger partial charge in [-0.3, -0.25) is 4.79 Å². The minimum Gasteiger partial charge on any atom is -0.340 e. The summed E-state index contributed by atoms with van der Waals surface area (Å²) in [6, 6.07) is 0.179. The maximum Gasteiger partial charge on any atom is 0.282 e. The van der Waals surface area contributed by atoms with Gasteiger partial charge in [0, 0.05) is 51.9 Å². The van der Waals surface area contributed by atoms with E-state index in [0.29, 0.717) is 32.6 Å². The summed E-state index contributed by atoms with van der Waals surface area (Å²) in [7, 11) is -1.44. The van der Waals surface area contributed by atoms with Gasteiger partial charge in [0.1, 0.15) is 0 Å². The van der Waals surface area contributed by atoms with Crippen molar-refractivity contribution in [3.8, 4) is 0 Å². The van der Waals surface area contributed by atoms with Crippen LogP contribution < -0.4 is 0 Å². The third kappa shape index (κ3) is 3.09. The molecular weight excluding hydrogens is 328 g/mol. The molecule has 24 heavy (non-hydrogen) atoms. The molecule has 0 aliphatic carbocycles. The largest absolute Gasteiger partial charge is 0.340 e. The Labute approximate surface area is 145 Å². The predicted molar refractivity (Wildman–Crippen MR) is 92.7 cm³/mol. The molecule has 3 saturated heterocycles. The van der Waals surface area contributed by atoms with E-state index in [1.165, 1.54) is 0 Å².